The van der Waals surface area contributed by atoms with Crippen molar-refractivity contribution in [2.75, 3.05) is 52.9 Å². The summed E-state index contributed by atoms with van der Waals surface area (Å²) >= 11 is 1.64. The van der Waals surface area contributed by atoms with Crippen LogP contribution in [0.15, 0.2) is 12.1 Å². The van der Waals surface area contributed by atoms with Crippen molar-refractivity contribution in [3.05, 3.63) is 21.9 Å². The van der Waals surface area contributed by atoms with Gasteiger partial charge in [-0.1, -0.05) is 6.92 Å². The van der Waals surface area contributed by atoms with Gasteiger partial charge in [0.15, 0.2) is 0 Å². The summed E-state index contributed by atoms with van der Waals surface area (Å²) < 4.78 is 0. The van der Waals surface area contributed by atoms with Crippen LogP contribution in [0.2, 0.25) is 0 Å². The lowest BCUT2D eigenvalue weighted by atomic mass is 9.86. The molecule has 0 spiro atoms. The Labute approximate surface area is 161 Å². The largest absolute Gasteiger partial charge is 0.396 e. The van der Waals surface area contributed by atoms with E-state index in [1.54, 1.807) is 11.3 Å². The van der Waals surface area contributed by atoms with Gasteiger partial charge in [-0.25, -0.2) is 0 Å². The molecule has 2 aliphatic heterocycles. The molecule has 26 heavy (non-hydrogen) atoms. The van der Waals surface area contributed by atoms with E-state index in [-0.39, 0.29) is 12.5 Å². The predicted octanol–water partition coefficient (Wildman–Crippen LogP) is 2.16. The number of amides is 1. The summed E-state index contributed by atoms with van der Waals surface area (Å²) in [6.07, 6.45) is 3.87. The Morgan fingerprint density at radius 3 is 2.65 bits per heavy atom. The van der Waals surface area contributed by atoms with Crippen LogP contribution in [0.3, 0.4) is 0 Å². The lowest BCUT2D eigenvalue weighted by Gasteiger charge is -2.46. The van der Waals surface area contributed by atoms with Crippen LogP contribution < -0.4 is 0 Å². The Hall–Kier alpha value is -0.950. The lowest BCUT2D eigenvalue weighted by molar-refractivity contribution is 0.0220. The molecule has 1 aromatic heterocycles. The molecule has 2 saturated heterocycles. The Morgan fingerprint density at radius 1 is 1.23 bits per heavy atom. The molecule has 0 radical (unpaired) electrons. The number of rotatable bonds is 6. The maximum absolute atomic E-state index is 12.9. The van der Waals surface area contributed by atoms with Gasteiger partial charge >= 0.3 is 0 Å². The minimum atomic E-state index is 0.195. The second kappa shape index (κ2) is 9.31. The number of hydrogen-bond donors (Lipinski definition) is 1. The summed E-state index contributed by atoms with van der Waals surface area (Å²) in [5, 5.41) is 9.31. The Bertz CT molecular complexity index is 583. The smallest absolute Gasteiger partial charge is 0.263 e. The van der Waals surface area contributed by atoms with Gasteiger partial charge in [0.05, 0.1) is 4.88 Å². The maximum Gasteiger partial charge on any atom is 0.263 e. The van der Waals surface area contributed by atoms with Gasteiger partial charge in [-0.05, 0) is 50.8 Å². The van der Waals surface area contributed by atoms with Gasteiger partial charge in [0.1, 0.15) is 0 Å². The number of nitrogens with zero attached hydrogens (tertiary/aromatic N) is 3. The highest BCUT2D eigenvalue weighted by Crippen LogP contribution is 2.29. The third-order valence-electron chi connectivity index (χ3n) is 5.94. The van der Waals surface area contributed by atoms with Crippen LogP contribution in [0, 0.1) is 5.92 Å². The van der Waals surface area contributed by atoms with Crippen molar-refractivity contribution < 1.29 is 9.90 Å². The monoisotopic (exact) mass is 379 g/mol. The van der Waals surface area contributed by atoms with Crippen LogP contribution >= 0.6 is 11.3 Å². The SMILES string of the molecule is CCc1ccc(C(=O)N2CCC(N3CCN(C)CC3)C(CCCO)C2)s1. The first-order valence-electron chi connectivity index (χ1n) is 10.0. The van der Waals surface area contributed by atoms with Crippen molar-refractivity contribution in [2.45, 2.75) is 38.6 Å². The Kier molecular flexibility index (Phi) is 7.09. The summed E-state index contributed by atoms with van der Waals surface area (Å²) in [5.41, 5.74) is 0. The number of likely N-dealkylation sites (N-methyl/N-ethyl adjacent to an activating group) is 1. The fraction of sp³-hybridized carbons (Fsp3) is 0.750. The van der Waals surface area contributed by atoms with E-state index in [0.717, 1.165) is 69.8 Å². The number of likely N-dealkylation sites (tertiary alicyclic amines) is 1. The average Bonchev–Trinajstić information content (AvgIpc) is 3.15. The first-order valence-corrected chi connectivity index (χ1v) is 10.9. The normalized spacial score (nSPS) is 25.6. The van der Waals surface area contributed by atoms with Crippen LogP contribution in [0.4, 0.5) is 0 Å². The molecule has 6 heteroatoms. The second-order valence-corrected chi connectivity index (χ2v) is 8.86. The maximum atomic E-state index is 12.9. The van der Waals surface area contributed by atoms with Crippen molar-refractivity contribution in [2.24, 2.45) is 5.92 Å². The summed E-state index contributed by atoms with van der Waals surface area (Å²) in [4.78, 5) is 22.2. The van der Waals surface area contributed by atoms with Crippen molar-refractivity contribution in [1.82, 2.24) is 14.7 Å². The molecule has 0 aliphatic carbocycles. The van der Waals surface area contributed by atoms with E-state index in [0.29, 0.717) is 12.0 Å². The van der Waals surface area contributed by atoms with E-state index in [9.17, 15) is 9.90 Å². The van der Waals surface area contributed by atoms with E-state index in [2.05, 4.69) is 34.7 Å². The standard InChI is InChI=1S/C20H33N3O2S/c1-3-17-6-7-19(26-17)20(25)23-9-8-18(16(15-23)5-4-14-24)22-12-10-21(2)11-13-22/h6-7,16,18,24H,3-5,8-15H2,1-2H3. The molecule has 2 fully saturated rings. The van der Waals surface area contributed by atoms with Crippen molar-refractivity contribution in [3.63, 3.8) is 0 Å². The molecule has 1 aromatic rings. The van der Waals surface area contributed by atoms with E-state index >= 15 is 0 Å². The molecule has 2 atom stereocenters. The summed E-state index contributed by atoms with van der Waals surface area (Å²) in [6.45, 7) is 8.55. The summed E-state index contributed by atoms with van der Waals surface area (Å²) in [7, 11) is 2.19. The first kappa shape index (κ1) is 19.8. The molecule has 3 heterocycles. The molecule has 2 unspecified atom stereocenters. The van der Waals surface area contributed by atoms with E-state index < -0.39 is 0 Å². The minimum Gasteiger partial charge on any atom is -0.396 e. The first-order chi connectivity index (χ1) is 12.6. The van der Waals surface area contributed by atoms with Gasteiger partial charge in [0.25, 0.3) is 5.91 Å². The summed E-state index contributed by atoms with van der Waals surface area (Å²) in [6, 6.07) is 4.62. The van der Waals surface area contributed by atoms with Gasteiger partial charge in [0.2, 0.25) is 0 Å². The predicted molar refractivity (Wildman–Crippen MR) is 107 cm³/mol. The molecule has 1 N–H and O–H groups in total. The van der Waals surface area contributed by atoms with Crippen molar-refractivity contribution in [3.8, 4) is 0 Å². The Balaban J connectivity index is 1.65. The molecule has 3 rings (SSSR count). The minimum absolute atomic E-state index is 0.195. The van der Waals surface area contributed by atoms with Crippen LogP contribution in [0.5, 0.6) is 0 Å². The number of piperazine rings is 1. The van der Waals surface area contributed by atoms with Crippen LogP contribution in [-0.2, 0) is 6.42 Å². The van der Waals surface area contributed by atoms with E-state index in [4.69, 9.17) is 0 Å². The number of aliphatic hydroxyl groups excluding tert-OH is 1. The number of hydrogen-bond acceptors (Lipinski definition) is 5. The fourth-order valence-electron chi connectivity index (χ4n) is 4.31. The molecular formula is C20H33N3O2S. The van der Waals surface area contributed by atoms with E-state index in [1.807, 2.05) is 6.07 Å². The molecule has 0 aromatic carbocycles. The molecule has 5 nitrogen and oxygen atoms in total. The molecule has 0 bridgehead atoms. The molecule has 1 amide bonds. The average molecular weight is 380 g/mol. The van der Waals surface area contributed by atoms with Gasteiger partial charge in [-0.3, -0.25) is 9.69 Å². The Morgan fingerprint density at radius 2 is 2.00 bits per heavy atom. The second-order valence-electron chi connectivity index (χ2n) is 7.69. The molecule has 0 saturated carbocycles. The number of aryl methyl sites for hydroxylation is 1. The van der Waals surface area contributed by atoms with Crippen LogP contribution in [0.25, 0.3) is 0 Å². The van der Waals surface area contributed by atoms with Gasteiger partial charge in [-0.15, -0.1) is 11.3 Å². The van der Waals surface area contributed by atoms with Gasteiger partial charge in [0, 0.05) is 56.8 Å². The fourth-order valence-corrected chi connectivity index (χ4v) is 5.23. The molecule has 146 valence electrons. The zero-order chi connectivity index (χ0) is 18.5. The van der Waals surface area contributed by atoms with Crippen molar-refractivity contribution >= 4 is 17.2 Å². The number of piperidine rings is 1. The van der Waals surface area contributed by atoms with Gasteiger partial charge in [-0.2, -0.15) is 0 Å². The third-order valence-corrected chi connectivity index (χ3v) is 7.16. The molecule has 2 aliphatic rings. The highest BCUT2D eigenvalue weighted by Gasteiger charge is 2.35. The number of thiophene rings is 1. The zero-order valence-electron chi connectivity index (χ0n) is 16.2. The summed E-state index contributed by atoms with van der Waals surface area (Å²) in [5.74, 6) is 0.661. The lowest BCUT2D eigenvalue weighted by Crippen LogP contribution is -2.56. The molecular weight excluding hydrogens is 346 g/mol. The van der Waals surface area contributed by atoms with Crippen LogP contribution in [-0.4, -0.2) is 84.7 Å². The van der Waals surface area contributed by atoms with Gasteiger partial charge < -0.3 is 14.9 Å². The third kappa shape index (κ3) is 4.66. The topological polar surface area (TPSA) is 47.0 Å². The van der Waals surface area contributed by atoms with E-state index in [1.165, 1.54) is 4.88 Å². The highest BCUT2D eigenvalue weighted by atomic mass is 32.1. The van der Waals surface area contributed by atoms with Crippen LogP contribution in [0.1, 0.15) is 40.7 Å². The number of aliphatic hydroxyl groups is 1. The number of carbonyl (C=O) groups excluding carboxylic acids is 1. The quantitative estimate of drug-likeness (QED) is 0.823. The number of carbonyl (C=O) groups is 1. The zero-order valence-corrected chi connectivity index (χ0v) is 17.0. The van der Waals surface area contributed by atoms with Crippen molar-refractivity contribution in [1.29, 1.82) is 0 Å². The highest BCUT2D eigenvalue weighted by molar-refractivity contribution is 7.14.